The molecule has 0 aromatic rings. The smallest absolute Gasteiger partial charge is 0.191 e. The van der Waals surface area contributed by atoms with Crippen molar-refractivity contribution >= 4 is 41.7 Å². The van der Waals surface area contributed by atoms with Crippen LogP contribution in [0.4, 0.5) is 0 Å². The van der Waals surface area contributed by atoms with Crippen LogP contribution in [0.25, 0.3) is 0 Å². The highest BCUT2D eigenvalue weighted by molar-refractivity contribution is 14.0. The topological polar surface area (TPSA) is 36.4 Å². The summed E-state index contributed by atoms with van der Waals surface area (Å²) in [7, 11) is 1.83. The molecule has 0 unspecified atom stereocenters. The molecule has 0 saturated heterocycles. The number of guanidine groups is 1. The third-order valence-electron chi connectivity index (χ3n) is 2.71. The van der Waals surface area contributed by atoms with Crippen molar-refractivity contribution in [3.8, 4) is 0 Å². The summed E-state index contributed by atoms with van der Waals surface area (Å²) in [5, 5.41) is 6.72. The van der Waals surface area contributed by atoms with E-state index in [0.29, 0.717) is 0 Å². The first-order chi connectivity index (χ1) is 7.07. The Kier molecular flexibility index (Phi) is 7.80. The maximum absolute atomic E-state index is 4.21. The number of nitrogens with one attached hydrogen (secondary N) is 2. The molecule has 1 fully saturated rings. The van der Waals surface area contributed by atoms with E-state index in [0.717, 1.165) is 25.0 Å². The summed E-state index contributed by atoms with van der Waals surface area (Å²) in [6, 6.07) is 0. The van der Waals surface area contributed by atoms with E-state index >= 15 is 0 Å². The van der Waals surface area contributed by atoms with Gasteiger partial charge in [-0.25, -0.2) is 0 Å². The minimum atomic E-state index is 0. The van der Waals surface area contributed by atoms with Gasteiger partial charge in [-0.3, -0.25) is 4.99 Å². The summed E-state index contributed by atoms with van der Waals surface area (Å²) in [5.41, 5.74) is 0. The van der Waals surface area contributed by atoms with Crippen molar-refractivity contribution in [3.63, 3.8) is 0 Å². The number of aliphatic imine (C=N–C) groups is 1. The second-order valence-electron chi connectivity index (χ2n) is 4.71. The zero-order chi connectivity index (χ0) is 11.3. The molecule has 0 bridgehead atoms. The molecule has 1 saturated carbocycles. The average molecular weight is 357 g/mol. The lowest BCUT2D eigenvalue weighted by atomic mass is 10.2. The lowest BCUT2D eigenvalue weighted by molar-refractivity contribution is 0.657. The molecule has 1 rings (SSSR count). The molecule has 0 heterocycles. The summed E-state index contributed by atoms with van der Waals surface area (Å²) in [6.07, 6.45) is 4.89. The number of hydrogen-bond acceptors (Lipinski definition) is 2. The van der Waals surface area contributed by atoms with E-state index in [1.54, 1.807) is 0 Å². The van der Waals surface area contributed by atoms with E-state index in [-0.39, 0.29) is 28.7 Å². The van der Waals surface area contributed by atoms with Gasteiger partial charge in [-0.2, -0.15) is 11.8 Å². The molecule has 0 aromatic heterocycles. The molecule has 2 N–H and O–H groups in total. The maximum Gasteiger partial charge on any atom is 0.191 e. The summed E-state index contributed by atoms with van der Waals surface area (Å²) in [6.45, 7) is 6.48. The van der Waals surface area contributed by atoms with Gasteiger partial charge in [0, 0.05) is 24.9 Å². The Hall–Kier alpha value is 0.350. The van der Waals surface area contributed by atoms with Crippen LogP contribution in [0.2, 0.25) is 0 Å². The fraction of sp³-hybridized carbons (Fsp3) is 0.909. The zero-order valence-electron chi connectivity index (χ0n) is 10.7. The van der Waals surface area contributed by atoms with Gasteiger partial charge >= 0.3 is 0 Å². The molecule has 0 amide bonds. The Morgan fingerprint density at radius 2 is 2.00 bits per heavy atom. The molecule has 0 aromatic carbocycles. The number of nitrogens with zero attached hydrogens (tertiary/aromatic N) is 1. The number of thioether (sulfide) groups is 1. The molecule has 16 heavy (non-hydrogen) atoms. The van der Waals surface area contributed by atoms with Crippen LogP contribution in [0.3, 0.4) is 0 Å². The van der Waals surface area contributed by atoms with Gasteiger partial charge in [0.25, 0.3) is 0 Å². The van der Waals surface area contributed by atoms with E-state index in [9.17, 15) is 0 Å². The van der Waals surface area contributed by atoms with E-state index < -0.39 is 0 Å². The predicted octanol–water partition coefficient (Wildman–Crippen LogP) is 2.32. The lowest BCUT2D eigenvalue weighted by Crippen LogP contribution is -2.43. The van der Waals surface area contributed by atoms with Crippen LogP contribution in [0, 0.1) is 5.92 Å². The van der Waals surface area contributed by atoms with Gasteiger partial charge in [-0.1, -0.05) is 0 Å². The fourth-order valence-corrected chi connectivity index (χ4v) is 1.37. The molecule has 1 aliphatic carbocycles. The Balaban J connectivity index is 0.00000225. The Morgan fingerprint density at radius 1 is 1.38 bits per heavy atom. The molecule has 0 aliphatic heterocycles. The molecule has 5 heteroatoms. The molecule has 0 spiro atoms. The number of rotatable bonds is 5. The van der Waals surface area contributed by atoms with Gasteiger partial charge in [-0.15, -0.1) is 24.0 Å². The molecule has 1 aliphatic rings. The van der Waals surface area contributed by atoms with Gasteiger partial charge in [0.1, 0.15) is 0 Å². The average Bonchev–Trinajstić information content (AvgIpc) is 3.02. The van der Waals surface area contributed by atoms with E-state index in [1.165, 1.54) is 12.8 Å². The Morgan fingerprint density at radius 3 is 2.44 bits per heavy atom. The van der Waals surface area contributed by atoms with Crippen molar-refractivity contribution in [1.29, 1.82) is 0 Å². The van der Waals surface area contributed by atoms with E-state index in [2.05, 4.69) is 35.7 Å². The SMILES string of the molecule is CN=C(NCC1CC1)NCC(C)(C)SC.I. The van der Waals surface area contributed by atoms with Gasteiger partial charge < -0.3 is 10.6 Å². The van der Waals surface area contributed by atoms with Crippen LogP contribution in [0.1, 0.15) is 26.7 Å². The number of halogens is 1. The van der Waals surface area contributed by atoms with Crippen LogP contribution in [0.5, 0.6) is 0 Å². The molecule has 0 radical (unpaired) electrons. The standard InChI is InChI=1S/C11H23N3S.HI/c1-11(2,15-4)8-14-10(12-3)13-7-9-5-6-9;/h9H,5-8H2,1-4H3,(H2,12,13,14);1H. The van der Waals surface area contributed by atoms with Crippen LogP contribution in [-0.2, 0) is 0 Å². The van der Waals surface area contributed by atoms with Crippen LogP contribution in [0.15, 0.2) is 4.99 Å². The second kappa shape index (κ2) is 7.63. The van der Waals surface area contributed by atoms with Crippen LogP contribution < -0.4 is 10.6 Å². The monoisotopic (exact) mass is 357 g/mol. The maximum atomic E-state index is 4.21. The molecular formula is C11H24IN3S. The van der Waals surface area contributed by atoms with E-state index in [1.807, 2.05) is 18.8 Å². The predicted molar refractivity (Wildman–Crippen MR) is 85.1 cm³/mol. The van der Waals surface area contributed by atoms with E-state index in [4.69, 9.17) is 0 Å². The quantitative estimate of drug-likeness (QED) is 0.451. The fourth-order valence-electron chi connectivity index (χ4n) is 1.15. The summed E-state index contributed by atoms with van der Waals surface area (Å²) in [4.78, 5) is 4.21. The summed E-state index contributed by atoms with van der Waals surface area (Å²) in [5.74, 6) is 1.82. The first-order valence-corrected chi connectivity index (χ1v) is 6.79. The normalized spacial score (nSPS) is 16.6. The number of hydrogen-bond donors (Lipinski definition) is 2. The highest BCUT2D eigenvalue weighted by Crippen LogP contribution is 2.27. The van der Waals surface area contributed by atoms with Crippen molar-refractivity contribution in [1.82, 2.24) is 10.6 Å². The lowest BCUT2D eigenvalue weighted by Gasteiger charge is -2.23. The van der Waals surface area contributed by atoms with Crippen molar-refractivity contribution in [2.24, 2.45) is 10.9 Å². The molecule has 96 valence electrons. The van der Waals surface area contributed by atoms with Crippen molar-refractivity contribution in [3.05, 3.63) is 0 Å². The first-order valence-electron chi connectivity index (χ1n) is 5.57. The zero-order valence-corrected chi connectivity index (χ0v) is 13.8. The Bertz CT molecular complexity index is 227. The van der Waals surface area contributed by atoms with Gasteiger partial charge in [0.15, 0.2) is 5.96 Å². The molecular weight excluding hydrogens is 333 g/mol. The minimum Gasteiger partial charge on any atom is -0.356 e. The van der Waals surface area contributed by atoms with Crippen LogP contribution in [-0.4, -0.2) is 37.1 Å². The highest BCUT2D eigenvalue weighted by atomic mass is 127. The summed E-state index contributed by atoms with van der Waals surface area (Å²) < 4.78 is 0.261. The molecule has 0 atom stereocenters. The van der Waals surface area contributed by atoms with Gasteiger partial charge in [0.2, 0.25) is 0 Å². The second-order valence-corrected chi connectivity index (χ2v) is 6.23. The minimum absolute atomic E-state index is 0. The molecule has 3 nitrogen and oxygen atoms in total. The largest absolute Gasteiger partial charge is 0.356 e. The Labute approximate surface area is 121 Å². The third-order valence-corrected chi connectivity index (χ3v) is 3.96. The van der Waals surface area contributed by atoms with Gasteiger partial charge in [-0.05, 0) is 38.9 Å². The van der Waals surface area contributed by atoms with Gasteiger partial charge in [0.05, 0.1) is 0 Å². The van der Waals surface area contributed by atoms with Crippen molar-refractivity contribution < 1.29 is 0 Å². The first kappa shape index (κ1) is 16.4. The summed E-state index contributed by atoms with van der Waals surface area (Å²) >= 11 is 1.87. The van der Waals surface area contributed by atoms with Crippen molar-refractivity contribution in [2.45, 2.75) is 31.4 Å². The van der Waals surface area contributed by atoms with Crippen molar-refractivity contribution in [2.75, 3.05) is 26.4 Å². The van der Waals surface area contributed by atoms with Crippen LogP contribution >= 0.6 is 35.7 Å². The third kappa shape index (κ3) is 6.83. The highest BCUT2D eigenvalue weighted by Gasteiger charge is 2.21.